The Morgan fingerprint density at radius 1 is 1.26 bits per heavy atom. The van der Waals surface area contributed by atoms with Crippen molar-refractivity contribution in [1.82, 2.24) is 24.7 Å². The van der Waals surface area contributed by atoms with Crippen molar-refractivity contribution in [2.75, 3.05) is 0 Å². The largest absolute Gasteiger partial charge is 0.268 e. The van der Waals surface area contributed by atoms with E-state index in [1.807, 2.05) is 0 Å². The molecule has 0 spiro atoms. The van der Waals surface area contributed by atoms with Gasteiger partial charge in [-0.3, -0.25) is 4.79 Å². The molecule has 1 aromatic carbocycles. The van der Waals surface area contributed by atoms with Crippen LogP contribution in [-0.2, 0) is 0 Å². The number of aromatic amines is 1. The zero-order chi connectivity index (χ0) is 13.6. The van der Waals surface area contributed by atoms with Gasteiger partial charge in [-0.1, -0.05) is 0 Å². The topological polar surface area (TPSA) is 76.5 Å². The van der Waals surface area contributed by atoms with Crippen molar-refractivity contribution in [3.05, 3.63) is 46.3 Å². The maximum absolute atomic E-state index is 13.2. The maximum Gasteiger partial charge on any atom is 0.268 e. The van der Waals surface area contributed by atoms with Crippen molar-refractivity contribution < 1.29 is 8.78 Å². The quantitative estimate of drug-likeness (QED) is 0.713. The van der Waals surface area contributed by atoms with Gasteiger partial charge >= 0.3 is 0 Å². The van der Waals surface area contributed by atoms with Crippen LogP contribution in [0.25, 0.3) is 16.9 Å². The zero-order valence-electron chi connectivity index (χ0n) is 9.69. The number of hydrogen-bond donors (Lipinski definition) is 1. The monoisotopic (exact) mass is 263 g/mol. The Balaban J connectivity index is 2.43. The molecule has 0 unspecified atom stereocenters. The first-order valence-electron chi connectivity index (χ1n) is 5.32. The molecular formula is C11H7F2N5O. The standard InChI is InChI=1S/C11H7F2N5O/c1-5-16-9-3-8(13)7(12)2-6(9)10(19)18(5)11-14-4-15-17-11/h2-4H,1H3,(H,14,15,17). The van der Waals surface area contributed by atoms with Gasteiger partial charge in [-0.2, -0.15) is 10.1 Å². The molecular weight excluding hydrogens is 256 g/mol. The average molecular weight is 263 g/mol. The number of aryl methyl sites for hydroxylation is 1. The highest BCUT2D eigenvalue weighted by Crippen LogP contribution is 2.15. The van der Waals surface area contributed by atoms with Crippen molar-refractivity contribution in [3.63, 3.8) is 0 Å². The Hall–Kier alpha value is -2.64. The number of halogens is 2. The number of nitrogens with zero attached hydrogens (tertiary/aromatic N) is 4. The van der Waals surface area contributed by atoms with Crippen LogP contribution in [0, 0.1) is 18.6 Å². The molecule has 19 heavy (non-hydrogen) atoms. The summed E-state index contributed by atoms with van der Waals surface area (Å²) in [6.45, 7) is 1.56. The molecule has 3 rings (SSSR count). The molecule has 3 aromatic rings. The minimum Gasteiger partial charge on any atom is -0.268 e. The fraction of sp³-hybridized carbons (Fsp3) is 0.0909. The van der Waals surface area contributed by atoms with E-state index in [2.05, 4.69) is 20.2 Å². The molecule has 96 valence electrons. The van der Waals surface area contributed by atoms with Gasteiger partial charge < -0.3 is 0 Å². The predicted molar refractivity (Wildman–Crippen MR) is 61.9 cm³/mol. The van der Waals surface area contributed by atoms with Crippen LogP contribution in [0.4, 0.5) is 8.78 Å². The fourth-order valence-corrected chi connectivity index (χ4v) is 1.85. The number of hydrogen-bond acceptors (Lipinski definition) is 4. The van der Waals surface area contributed by atoms with E-state index in [9.17, 15) is 13.6 Å². The first kappa shape index (κ1) is 11.5. The van der Waals surface area contributed by atoms with Crippen LogP contribution in [0.15, 0.2) is 23.3 Å². The summed E-state index contributed by atoms with van der Waals surface area (Å²) in [5.41, 5.74) is -0.449. The van der Waals surface area contributed by atoms with Crippen molar-refractivity contribution in [2.24, 2.45) is 0 Å². The van der Waals surface area contributed by atoms with Gasteiger partial charge in [0.2, 0.25) is 5.95 Å². The Morgan fingerprint density at radius 2 is 2.00 bits per heavy atom. The lowest BCUT2D eigenvalue weighted by molar-refractivity contribution is 0.510. The highest BCUT2D eigenvalue weighted by Gasteiger charge is 2.14. The number of H-pyrrole nitrogens is 1. The Labute approximate surface area is 104 Å². The van der Waals surface area contributed by atoms with E-state index in [1.54, 1.807) is 6.92 Å². The molecule has 8 heteroatoms. The van der Waals surface area contributed by atoms with Crippen LogP contribution in [0.1, 0.15) is 5.82 Å². The molecule has 1 N–H and O–H groups in total. The second-order valence-electron chi connectivity index (χ2n) is 3.89. The van der Waals surface area contributed by atoms with Crippen molar-refractivity contribution in [3.8, 4) is 5.95 Å². The van der Waals surface area contributed by atoms with Crippen LogP contribution >= 0.6 is 0 Å². The Morgan fingerprint density at radius 3 is 2.68 bits per heavy atom. The molecule has 0 aliphatic heterocycles. The van der Waals surface area contributed by atoms with E-state index in [0.717, 1.165) is 16.7 Å². The molecule has 0 radical (unpaired) electrons. The van der Waals surface area contributed by atoms with Crippen LogP contribution < -0.4 is 5.56 Å². The van der Waals surface area contributed by atoms with Crippen molar-refractivity contribution in [1.29, 1.82) is 0 Å². The van der Waals surface area contributed by atoms with Gasteiger partial charge in [0, 0.05) is 6.07 Å². The minimum atomic E-state index is -1.10. The molecule has 2 heterocycles. The summed E-state index contributed by atoms with van der Waals surface area (Å²) in [7, 11) is 0. The van der Waals surface area contributed by atoms with Gasteiger partial charge in [-0.25, -0.2) is 23.4 Å². The molecule has 0 aliphatic rings. The summed E-state index contributed by atoms with van der Waals surface area (Å²) >= 11 is 0. The molecule has 0 atom stereocenters. The molecule has 0 amide bonds. The summed E-state index contributed by atoms with van der Waals surface area (Å²) in [6, 6.07) is 1.72. The maximum atomic E-state index is 13.2. The third-order valence-electron chi connectivity index (χ3n) is 2.69. The van der Waals surface area contributed by atoms with Gasteiger partial charge in [-0.15, -0.1) is 0 Å². The molecule has 0 fully saturated rings. The van der Waals surface area contributed by atoms with Crippen LogP contribution in [0.3, 0.4) is 0 Å². The third kappa shape index (κ3) is 1.68. The molecule has 0 saturated carbocycles. The summed E-state index contributed by atoms with van der Waals surface area (Å²) in [5.74, 6) is -1.68. The minimum absolute atomic E-state index is 0.0269. The molecule has 0 aliphatic carbocycles. The summed E-state index contributed by atoms with van der Waals surface area (Å²) in [5, 5.41) is 6.13. The zero-order valence-corrected chi connectivity index (χ0v) is 9.69. The number of nitrogens with one attached hydrogen (secondary N) is 1. The first-order chi connectivity index (χ1) is 9.08. The highest BCUT2D eigenvalue weighted by atomic mass is 19.2. The van der Waals surface area contributed by atoms with Gasteiger partial charge in [-0.05, 0) is 13.0 Å². The lowest BCUT2D eigenvalue weighted by Crippen LogP contribution is -2.23. The number of benzene rings is 1. The lowest BCUT2D eigenvalue weighted by Gasteiger charge is -2.07. The van der Waals surface area contributed by atoms with Crippen molar-refractivity contribution in [2.45, 2.75) is 6.92 Å². The smallest absolute Gasteiger partial charge is 0.268 e. The third-order valence-corrected chi connectivity index (χ3v) is 2.69. The lowest BCUT2D eigenvalue weighted by atomic mass is 10.2. The van der Waals surface area contributed by atoms with Gasteiger partial charge in [0.1, 0.15) is 12.2 Å². The first-order valence-corrected chi connectivity index (χ1v) is 5.32. The van der Waals surface area contributed by atoms with Crippen LogP contribution in [0.5, 0.6) is 0 Å². The fourth-order valence-electron chi connectivity index (χ4n) is 1.85. The van der Waals surface area contributed by atoms with E-state index in [-0.39, 0.29) is 16.9 Å². The normalized spacial score (nSPS) is 11.1. The van der Waals surface area contributed by atoms with Crippen LogP contribution in [-0.4, -0.2) is 24.7 Å². The number of aromatic nitrogens is 5. The Bertz CT molecular complexity index is 825. The SMILES string of the molecule is Cc1nc2cc(F)c(F)cc2c(=O)n1-c1ncn[nH]1. The molecule has 0 saturated heterocycles. The van der Waals surface area contributed by atoms with Crippen LogP contribution in [0.2, 0.25) is 0 Å². The van der Waals surface area contributed by atoms with Gasteiger partial charge in [0.25, 0.3) is 5.56 Å². The summed E-state index contributed by atoms with van der Waals surface area (Å²) in [6.07, 6.45) is 1.23. The van der Waals surface area contributed by atoms with E-state index in [4.69, 9.17) is 0 Å². The summed E-state index contributed by atoms with van der Waals surface area (Å²) in [4.78, 5) is 20.2. The van der Waals surface area contributed by atoms with E-state index >= 15 is 0 Å². The second-order valence-corrected chi connectivity index (χ2v) is 3.89. The van der Waals surface area contributed by atoms with E-state index in [1.165, 1.54) is 6.33 Å². The van der Waals surface area contributed by atoms with Gasteiger partial charge in [0.05, 0.1) is 10.9 Å². The average Bonchev–Trinajstić information content (AvgIpc) is 2.86. The Kier molecular flexibility index (Phi) is 2.37. The highest BCUT2D eigenvalue weighted by molar-refractivity contribution is 5.78. The summed E-state index contributed by atoms with van der Waals surface area (Å²) < 4.78 is 27.5. The van der Waals surface area contributed by atoms with E-state index in [0.29, 0.717) is 5.82 Å². The van der Waals surface area contributed by atoms with Crippen molar-refractivity contribution >= 4 is 10.9 Å². The number of fused-ring (bicyclic) bond motifs is 1. The van der Waals surface area contributed by atoms with Gasteiger partial charge in [0.15, 0.2) is 11.6 Å². The molecule has 2 aromatic heterocycles. The second kappa shape index (κ2) is 3.94. The molecule has 6 nitrogen and oxygen atoms in total. The molecule has 0 bridgehead atoms. The number of rotatable bonds is 1. The van der Waals surface area contributed by atoms with E-state index < -0.39 is 17.2 Å². The predicted octanol–water partition coefficient (Wildman–Crippen LogP) is 1.09.